The Morgan fingerprint density at radius 2 is 2.15 bits per heavy atom. The topological polar surface area (TPSA) is 26.3 Å². The summed E-state index contributed by atoms with van der Waals surface area (Å²) in [5, 5.41) is 0. The van der Waals surface area contributed by atoms with Crippen LogP contribution in [0.2, 0.25) is 0 Å². The van der Waals surface area contributed by atoms with Gasteiger partial charge in [0.1, 0.15) is 0 Å². The summed E-state index contributed by atoms with van der Waals surface area (Å²) in [4.78, 5) is 11.5. The minimum atomic E-state index is -0.0816. The SMILES string of the molecule is COC(=O)[C@@H]1[C@@H](C)C=CCC1(C)C. The van der Waals surface area contributed by atoms with Crippen LogP contribution in [0, 0.1) is 17.3 Å². The predicted molar refractivity (Wildman–Crippen MR) is 52.2 cm³/mol. The summed E-state index contributed by atoms with van der Waals surface area (Å²) in [6, 6.07) is 0. The van der Waals surface area contributed by atoms with Gasteiger partial charge in [-0.2, -0.15) is 0 Å². The number of allylic oxidation sites excluding steroid dienone is 2. The molecule has 1 aliphatic carbocycles. The second-order valence-corrected chi connectivity index (χ2v) is 4.48. The van der Waals surface area contributed by atoms with Crippen molar-refractivity contribution in [2.24, 2.45) is 17.3 Å². The number of methoxy groups -OCH3 is 1. The van der Waals surface area contributed by atoms with E-state index in [4.69, 9.17) is 4.74 Å². The Kier molecular flexibility index (Phi) is 2.79. The first-order chi connectivity index (χ1) is 5.99. The van der Waals surface area contributed by atoms with Crippen LogP contribution in [0.1, 0.15) is 27.2 Å². The van der Waals surface area contributed by atoms with Crippen LogP contribution >= 0.6 is 0 Å². The average Bonchev–Trinajstić information content (AvgIpc) is 2.02. The summed E-state index contributed by atoms with van der Waals surface area (Å²) in [5.41, 5.74) is 0.0290. The predicted octanol–water partition coefficient (Wildman–Crippen LogP) is 2.40. The first kappa shape index (κ1) is 10.3. The highest BCUT2D eigenvalue weighted by molar-refractivity contribution is 5.74. The van der Waals surface area contributed by atoms with Gasteiger partial charge in [-0.05, 0) is 17.8 Å². The fraction of sp³-hybridized carbons (Fsp3) is 0.727. The summed E-state index contributed by atoms with van der Waals surface area (Å²) in [5.74, 6) is 0.209. The molecule has 0 unspecified atom stereocenters. The second kappa shape index (κ2) is 3.52. The molecule has 1 aliphatic rings. The molecule has 2 atom stereocenters. The minimum absolute atomic E-state index is 0.00231. The summed E-state index contributed by atoms with van der Waals surface area (Å²) in [6.45, 7) is 6.31. The number of carbonyl (C=O) groups is 1. The summed E-state index contributed by atoms with van der Waals surface area (Å²) < 4.78 is 4.82. The van der Waals surface area contributed by atoms with Gasteiger partial charge in [0.25, 0.3) is 0 Å². The number of carbonyl (C=O) groups excluding carboxylic acids is 1. The summed E-state index contributed by atoms with van der Waals surface area (Å²) >= 11 is 0. The first-order valence-electron chi connectivity index (χ1n) is 4.73. The molecule has 0 amide bonds. The molecule has 0 aromatic heterocycles. The Balaban J connectivity index is 2.90. The van der Waals surface area contributed by atoms with Gasteiger partial charge in [-0.15, -0.1) is 0 Å². The third kappa shape index (κ3) is 1.93. The van der Waals surface area contributed by atoms with Crippen molar-refractivity contribution in [3.63, 3.8) is 0 Å². The molecule has 13 heavy (non-hydrogen) atoms. The van der Waals surface area contributed by atoms with Crippen molar-refractivity contribution in [2.75, 3.05) is 7.11 Å². The lowest BCUT2D eigenvalue weighted by molar-refractivity contribution is -0.151. The van der Waals surface area contributed by atoms with Crippen molar-refractivity contribution in [2.45, 2.75) is 27.2 Å². The van der Waals surface area contributed by atoms with Gasteiger partial charge in [0.05, 0.1) is 13.0 Å². The van der Waals surface area contributed by atoms with Crippen LogP contribution in [-0.2, 0) is 9.53 Å². The zero-order chi connectivity index (χ0) is 10.1. The standard InChI is InChI=1S/C11H18O2/c1-8-6-5-7-11(2,3)9(8)10(12)13-4/h5-6,8-9H,7H2,1-4H3/t8-,9-/m0/s1. The Morgan fingerprint density at radius 1 is 1.54 bits per heavy atom. The van der Waals surface area contributed by atoms with E-state index in [9.17, 15) is 4.79 Å². The van der Waals surface area contributed by atoms with Gasteiger partial charge >= 0.3 is 5.97 Å². The molecule has 0 radical (unpaired) electrons. The fourth-order valence-electron chi connectivity index (χ4n) is 2.20. The lowest BCUT2D eigenvalue weighted by Gasteiger charge is -2.37. The van der Waals surface area contributed by atoms with Crippen LogP contribution in [-0.4, -0.2) is 13.1 Å². The Hall–Kier alpha value is -0.790. The maximum Gasteiger partial charge on any atom is 0.309 e. The zero-order valence-corrected chi connectivity index (χ0v) is 8.83. The molecule has 0 bridgehead atoms. The van der Waals surface area contributed by atoms with E-state index in [1.807, 2.05) is 0 Å². The van der Waals surface area contributed by atoms with Gasteiger partial charge in [-0.25, -0.2) is 0 Å². The van der Waals surface area contributed by atoms with Crippen LogP contribution in [0.4, 0.5) is 0 Å². The van der Waals surface area contributed by atoms with Gasteiger partial charge in [0.15, 0.2) is 0 Å². The van der Waals surface area contributed by atoms with E-state index in [1.54, 1.807) is 0 Å². The molecule has 2 nitrogen and oxygen atoms in total. The van der Waals surface area contributed by atoms with E-state index < -0.39 is 0 Å². The Bertz CT molecular complexity index is 228. The maximum absolute atomic E-state index is 11.5. The molecule has 0 fully saturated rings. The van der Waals surface area contributed by atoms with E-state index in [0.29, 0.717) is 0 Å². The molecule has 2 heteroatoms. The second-order valence-electron chi connectivity index (χ2n) is 4.48. The van der Waals surface area contributed by atoms with Crippen molar-refractivity contribution in [1.82, 2.24) is 0 Å². The highest BCUT2D eigenvalue weighted by Gasteiger charge is 2.40. The molecule has 0 aliphatic heterocycles. The zero-order valence-electron chi connectivity index (χ0n) is 8.83. The Morgan fingerprint density at radius 3 is 2.62 bits per heavy atom. The lowest BCUT2D eigenvalue weighted by Crippen LogP contribution is -2.37. The van der Waals surface area contributed by atoms with Crippen LogP contribution in [0.5, 0.6) is 0 Å². The van der Waals surface area contributed by atoms with E-state index in [2.05, 4.69) is 32.9 Å². The van der Waals surface area contributed by atoms with Gasteiger partial charge < -0.3 is 4.74 Å². The van der Waals surface area contributed by atoms with Crippen LogP contribution < -0.4 is 0 Å². The molecule has 1 rings (SSSR count). The summed E-state index contributed by atoms with van der Waals surface area (Å²) in [7, 11) is 1.46. The molecule has 0 heterocycles. The van der Waals surface area contributed by atoms with Crippen molar-refractivity contribution >= 4 is 5.97 Å². The third-order valence-corrected chi connectivity index (χ3v) is 2.91. The largest absolute Gasteiger partial charge is 0.469 e. The number of hydrogen-bond acceptors (Lipinski definition) is 2. The molecule has 0 saturated carbocycles. The maximum atomic E-state index is 11.5. The minimum Gasteiger partial charge on any atom is -0.469 e. The molecular formula is C11H18O2. The van der Waals surface area contributed by atoms with E-state index >= 15 is 0 Å². The van der Waals surface area contributed by atoms with Crippen molar-refractivity contribution in [1.29, 1.82) is 0 Å². The van der Waals surface area contributed by atoms with E-state index in [1.165, 1.54) is 7.11 Å². The number of esters is 1. The molecule has 0 aromatic rings. The number of ether oxygens (including phenoxy) is 1. The van der Waals surface area contributed by atoms with Crippen molar-refractivity contribution in [3.8, 4) is 0 Å². The normalized spacial score (nSPS) is 31.4. The third-order valence-electron chi connectivity index (χ3n) is 2.91. The van der Waals surface area contributed by atoms with Crippen molar-refractivity contribution < 1.29 is 9.53 Å². The monoisotopic (exact) mass is 182 g/mol. The van der Waals surface area contributed by atoms with Crippen LogP contribution in [0.15, 0.2) is 12.2 Å². The van der Waals surface area contributed by atoms with Gasteiger partial charge in [0.2, 0.25) is 0 Å². The lowest BCUT2D eigenvalue weighted by atomic mass is 9.67. The number of rotatable bonds is 1. The smallest absolute Gasteiger partial charge is 0.309 e. The molecular weight excluding hydrogens is 164 g/mol. The Labute approximate surface area is 80.0 Å². The van der Waals surface area contributed by atoms with Crippen LogP contribution in [0.3, 0.4) is 0 Å². The van der Waals surface area contributed by atoms with Gasteiger partial charge in [-0.3, -0.25) is 4.79 Å². The highest BCUT2D eigenvalue weighted by atomic mass is 16.5. The summed E-state index contributed by atoms with van der Waals surface area (Å²) in [6.07, 6.45) is 5.22. The molecule has 0 saturated heterocycles. The van der Waals surface area contributed by atoms with Crippen molar-refractivity contribution in [3.05, 3.63) is 12.2 Å². The molecule has 0 N–H and O–H groups in total. The van der Waals surface area contributed by atoms with Gasteiger partial charge in [0, 0.05) is 0 Å². The number of hydrogen-bond donors (Lipinski definition) is 0. The highest BCUT2D eigenvalue weighted by Crippen LogP contribution is 2.40. The first-order valence-corrected chi connectivity index (χ1v) is 4.73. The molecule has 74 valence electrons. The fourth-order valence-corrected chi connectivity index (χ4v) is 2.20. The van der Waals surface area contributed by atoms with Gasteiger partial charge in [-0.1, -0.05) is 32.9 Å². The van der Waals surface area contributed by atoms with E-state index in [-0.39, 0.29) is 23.2 Å². The average molecular weight is 182 g/mol. The van der Waals surface area contributed by atoms with Crippen LogP contribution in [0.25, 0.3) is 0 Å². The van der Waals surface area contributed by atoms with E-state index in [0.717, 1.165) is 6.42 Å². The quantitative estimate of drug-likeness (QED) is 0.460. The molecule has 0 aromatic carbocycles. The molecule has 0 spiro atoms.